The minimum atomic E-state index is -0.367. The third-order valence-electron chi connectivity index (χ3n) is 4.65. The van der Waals surface area contributed by atoms with Crippen LogP contribution in [-0.2, 0) is 6.54 Å². The quantitative estimate of drug-likeness (QED) is 0.597. The number of aryl methyl sites for hydroxylation is 1. The van der Waals surface area contributed by atoms with Gasteiger partial charge in [-0.25, -0.2) is 9.18 Å². The minimum absolute atomic E-state index is 0.277. The number of anilines is 1. The summed E-state index contributed by atoms with van der Waals surface area (Å²) in [5, 5.41) is 1.28. The Balaban J connectivity index is 1.89. The predicted octanol–water partition coefficient (Wildman–Crippen LogP) is 4.56. The van der Waals surface area contributed by atoms with Crippen molar-refractivity contribution in [1.29, 1.82) is 0 Å². The largest absolute Gasteiger partial charge is 0.471 e. The van der Waals surface area contributed by atoms with E-state index >= 15 is 0 Å². The number of hydrogen-bond acceptors (Lipinski definition) is 4. The molecule has 128 valence electrons. The number of nitrogens with zero attached hydrogens (tertiary/aromatic N) is 1. The van der Waals surface area contributed by atoms with E-state index in [-0.39, 0.29) is 18.2 Å². The zero-order valence-corrected chi connectivity index (χ0v) is 14.5. The van der Waals surface area contributed by atoms with E-state index in [1.54, 1.807) is 25.1 Å². The summed E-state index contributed by atoms with van der Waals surface area (Å²) in [6, 6.07) is 7.93. The number of rotatable bonds is 1. The van der Waals surface area contributed by atoms with Gasteiger partial charge < -0.3 is 14.1 Å². The lowest BCUT2D eigenvalue weighted by molar-refractivity contribution is 0.289. The van der Waals surface area contributed by atoms with Gasteiger partial charge in [0.2, 0.25) is 0 Å². The van der Waals surface area contributed by atoms with Gasteiger partial charge >= 0.3 is 5.63 Å². The maximum Gasteiger partial charge on any atom is 0.339 e. The first-order chi connectivity index (χ1) is 12.0. The second kappa shape index (κ2) is 5.77. The summed E-state index contributed by atoms with van der Waals surface area (Å²) in [5.74, 6) is 0.228. The van der Waals surface area contributed by atoms with Crippen LogP contribution in [0.1, 0.15) is 16.7 Å². The summed E-state index contributed by atoms with van der Waals surface area (Å²) in [7, 11) is 0. The first-order valence-electron chi connectivity index (χ1n) is 7.84. The van der Waals surface area contributed by atoms with Gasteiger partial charge in [0.25, 0.3) is 0 Å². The Morgan fingerprint density at radius 1 is 1.16 bits per heavy atom. The molecule has 1 aliphatic rings. The lowest BCUT2D eigenvalue weighted by Crippen LogP contribution is -2.32. The normalized spacial score (nSPS) is 13.7. The molecule has 4 rings (SSSR count). The van der Waals surface area contributed by atoms with E-state index < -0.39 is 0 Å². The van der Waals surface area contributed by atoms with E-state index in [4.69, 9.17) is 20.8 Å². The number of halogens is 2. The Kier molecular flexibility index (Phi) is 3.69. The van der Waals surface area contributed by atoms with Gasteiger partial charge in [-0.1, -0.05) is 11.6 Å². The number of hydrogen-bond donors (Lipinski definition) is 0. The van der Waals surface area contributed by atoms with Crippen molar-refractivity contribution in [3.8, 4) is 5.75 Å². The Hall–Kier alpha value is -2.53. The van der Waals surface area contributed by atoms with Crippen molar-refractivity contribution >= 4 is 28.3 Å². The average Bonchev–Trinajstić information content (AvgIpc) is 2.61. The van der Waals surface area contributed by atoms with Crippen LogP contribution in [-0.4, -0.2) is 6.73 Å². The molecule has 25 heavy (non-hydrogen) atoms. The second-order valence-corrected chi connectivity index (χ2v) is 6.54. The Bertz CT molecular complexity index is 1040. The summed E-state index contributed by atoms with van der Waals surface area (Å²) in [6.07, 6.45) is 0. The smallest absolute Gasteiger partial charge is 0.339 e. The van der Waals surface area contributed by atoms with Crippen LogP contribution in [0.3, 0.4) is 0 Å². The van der Waals surface area contributed by atoms with E-state index in [9.17, 15) is 9.18 Å². The fourth-order valence-electron chi connectivity index (χ4n) is 3.08. The van der Waals surface area contributed by atoms with Crippen molar-refractivity contribution in [3.05, 3.63) is 68.3 Å². The molecule has 0 fully saturated rings. The molecule has 0 atom stereocenters. The Morgan fingerprint density at radius 3 is 2.60 bits per heavy atom. The molecule has 0 amide bonds. The van der Waals surface area contributed by atoms with Gasteiger partial charge in [-0.15, -0.1) is 0 Å². The van der Waals surface area contributed by atoms with E-state index in [0.29, 0.717) is 28.5 Å². The predicted molar refractivity (Wildman–Crippen MR) is 95.0 cm³/mol. The fourth-order valence-corrected chi connectivity index (χ4v) is 3.36. The maximum atomic E-state index is 13.2. The van der Waals surface area contributed by atoms with Gasteiger partial charge in [0.05, 0.1) is 17.1 Å². The summed E-state index contributed by atoms with van der Waals surface area (Å²) in [4.78, 5) is 14.0. The molecule has 0 N–H and O–H groups in total. The zero-order valence-electron chi connectivity index (χ0n) is 13.7. The van der Waals surface area contributed by atoms with Gasteiger partial charge in [-0.3, -0.25) is 0 Å². The molecule has 1 aliphatic heterocycles. The van der Waals surface area contributed by atoms with Gasteiger partial charge in [-0.2, -0.15) is 0 Å². The summed E-state index contributed by atoms with van der Waals surface area (Å²) < 4.78 is 24.5. The highest BCUT2D eigenvalue weighted by molar-refractivity contribution is 6.33. The highest BCUT2D eigenvalue weighted by Gasteiger charge is 2.25. The van der Waals surface area contributed by atoms with Gasteiger partial charge in [0.15, 0.2) is 6.73 Å². The van der Waals surface area contributed by atoms with Crippen molar-refractivity contribution < 1.29 is 13.5 Å². The highest BCUT2D eigenvalue weighted by Crippen LogP contribution is 2.40. The third-order valence-corrected chi connectivity index (χ3v) is 4.93. The molecule has 0 saturated carbocycles. The van der Waals surface area contributed by atoms with Crippen molar-refractivity contribution in [3.63, 3.8) is 0 Å². The van der Waals surface area contributed by atoms with E-state index in [0.717, 1.165) is 22.2 Å². The van der Waals surface area contributed by atoms with Crippen LogP contribution in [0.2, 0.25) is 5.02 Å². The van der Waals surface area contributed by atoms with Crippen molar-refractivity contribution in [2.24, 2.45) is 0 Å². The van der Waals surface area contributed by atoms with E-state index in [1.165, 1.54) is 12.1 Å². The summed E-state index contributed by atoms with van der Waals surface area (Å²) in [5.41, 5.74) is 3.06. The highest BCUT2D eigenvalue weighted by atomic mass is 35.5. The molecule has 1 aromatic heterocycles. The monoisotopic (exact) mass is 359 g/mol. The SMILES string of the molecule is Cc1c(C)c2cc(Cl)c3c(c2oc1=O)CN(c1ccc(F)cc1)CO3. The molecule has 0 spiro atoms. The molecule has 2 heterocycles. The molecule has 4 nitrogen and oxygen atoms in total. The van der Waals surface area contributed by atoms with Crippen LogP contribution in [0.15, 0.2) is 39.5 Å². The molecular weight excluding hydrogens is 345 g/mol. The first kappa shape index (κ1) is 16.0. The topological polar surface area (TPSA) is 42.7 Å². The minimum Gasteiger partial charge on any atom is -0.471 e. The van der Waals surface area contributed by atoms with Crippen LogP contribution in [0.5, 0.6) is 5.75 Å². The standard InChI is InChI=1S/C19H15ClFNO3/c1-10-11(2)19(23)25-17-14(10)7-16(20)18-15(17)8-22(9-24-18)13-5-3-12(21)4-6-13/h3-7H,8-9H2,1-2H3. The van der Waals surface area contributed by atoms with Crippen LogP contribution in [0.4, 0.5) is 10.1 Å². The zero-order chi connectivity index (χ0) is 17.7. The molecule has 0 bridgehead atoms. The average molecular weight is 360 g/mol. The second-order valence-electron chi connectivity index (χ2n) is 6.13. The molecule has 0 saturated heterocycles. The van der Waals surface area contributed by atoms with Gasteiger partial charge in [0.1, 0.15) is 17.1 Å². The van der Waals surface area contributed by atoms with Gasteiger partial charge in [0, 0.05) is 16.6 Å². The lowest BCUT2D eigenvalue weighted by Gasteiger charge is -2.31. The Labute approximate surface area is 148 Å². The molecule has 3 aromatic rings. The molecular formula is C19H15ClFNO3. The van der Waals surface area contributed by atoms with Crippen LogP contribution in [0.25, 0.3) is 11.0 Å². The van der Waals surface area contributed by atoms with Crippen molar-refractivity contribution in [1.82, 2.24) is 0 Å². The maximum absolute atomic E-state index is 13.2. The number of benzene rings is 2. The van der Waals surface area contributed by atoms with Crippen LogP contribution in [0, 0.1) is 19.7 Å². The summed E-state index contributed by atoms with van der Waals surface area (Å²) in [6.45, 7) is 4.33. The van der Waals surface area contributed by atoms with Crippen LogP contribution < -0.4 is 15.3 Å². The molecule has 2 aromatic carbocycles. The van der Waals surface area contributed by atoms with E-state index in [1.807, 2.05) is 11.8 Å². The van der Waals surface area contributed by atoms with E-state index in [2.05, 4.69) is 0 Å². The molecule has 0 aliphatic carbocycles. The first-order valence-corrected chi connectivity index (χ1v) is 8.22. The lowest BCUT2D eigenvalue weighted by atomic mass is 10.0. The summed E-state index contributed by atoms with van der Waals surface area (Å²) >= 11 is 6.39. The number of ether oxygens (including phenoxy) is 1. The molecule has 6 heteroatoms. The Morgan fingerprint density at radius 2 is 1.88 bits per heavy atom. The number of fused-ring (bicyclic) bond motifs is 3. The third kappa shape index (κ3) is 2.55. The molecule has 0 unspecified atom stereocenters. The van der Waals surface area contributed by atoms with Crippen molar-refractivity contribution in [2.75, 3.05) is 11.6 Å². The fraction of sp³-hybridized carbons (Fsp3) is 0.211. The van der Waals surface area contributed by atoms with Gasteiger partial charge in [-0.05, 0) is 49.7 Å². The van der Waals surface area contributed by atoms with Crippen molar-refractivity contribution in [2.45, 2.75) is 20.4 Å². The van der Waals surface area contributed by atoms with Crippen LogP contribution >= 0.6 is 11.6 Å². The molecule has 0 radical (unpaired) electrons.